The quantitative estimate of drug-likeness (QED) is 0.919. The second-order valence-corrected chi connectivity index (χ2v) is 5.84. The molecule has 1 aromatic heterocycles. The highest BCUT2D eigenvalue weighted by atomic mass is 16.5. The third-order valence-electron chi connectivity index (χ3n) is 4.12. The van der Waals surface area contributed by atoms with E-state index in [0.29, 0.717) is 18.3 Å². The molecule has 0 unspecified atom stereocenters. The van der Waals surface area contributed by atoms with E-state index in [2.05, 4.69) is 15.5 Å². The highest BCUT2D eigenvalue weighted by Crippen LogP contribution is 2.20. The first kappa shape index (κ1) is 15.5. The zero-order valence-electron chi connectivity index (χ0n) is 13.6. The first-order chi connectivity index (χ1) is 11.2. The van der Waals surface area contributed by atoms with E-state index in [1.54, 1.807) is 0 Å². The Kier molecular flexibility index (Phi) is 4.60. The number of carbonyl (C=O) groups is 1. The third-order valence-corrected chi connectivity index (χ3v) is 4.12. The smallest absolute Gasteiger partial charge is 0.253 e. The molecule has 0 atom stereocenters. The summed E-state index contributed by atoms with van der Waals surface area (Å²) in [5.74, 6) is 1.41. The zero-order chi connectivity index (χ0) is 16.2. The molecule has 6 heteroatoms. The second kappa shape index (κ2) is 6.81. The summed E-state index contributed by atoms with van der Waals surface area (Å²) in [5, 5.41) is 7.16. The van der Waals surface area contributed by atoms with Gasteiger partial charge >= 0.3 is 0 Å². The van der Waals surface area contributed by atoms with Gasteiger partial charge in [0, 0.05) is 30.8 Å². The molecule has 2 aromatic rings. The van der Waals surface area contributed by atoms with Gasteiger partial charge in [-0.1, -0.05) is 12.1 Å². The Morgan fingerprint density at radius 2 is 2.13 bits per heavy atom. The van der Waals surface area contributed by atoms with Crippen LogP contribution in [0.1, 0.15) is 47.4 Å². The van der Waals surface area contributed by atoms with E-state index in [1.165, 1.54) is 0 Å². The van der Waals surface area contributed by atoms with Crippen LogP contribution in [-0.4, -0.2) is 34.0 Å². The van der Waals surface area contributed by atoms with E-state index < -0.39 is 0 Å². The molecule has 6 nitrogen and oxygen atoms in total. The van der Waals surface area contributed by atoms with E-state index in [0.717, 1.165) is 49.2 Å². The van der Waals surface area contributed by atoms with Gasteiger partial charge in [-0.3, -0.25) is 4.79 Å². The highest BCUT2D eigenvalue weighted by Gasteiger charge is 2.19. The number of likely N-dealkylation sites (tertiary alicyclic amines) is 1. The van der Waals surface area contributed by atoms with Crippen LogP contribution in [0.4, 0.5) is 5.69 Å². The third kappa shape index (κ3) is 3.52. The van der Waals surface area contributed by atoms with Crippen molar-refractivity contribution in [3.8, 4) is 0 Å². The Labute approximate surface area is 135 Å². The molecule has 1 amide bonds. The van der Waals surface area contributed by atoms with Crippen molar-refractivity contribution in [1.82, 2.24) is 15.0 Å². The van der Waals surface area contributed by atoms with Gasteiger partial charge in [-0.25, -0.2) is 0 Å². The average molecular weight is 314 g/mol. The molecule has 0 bridgehead atoms. The number of aromatic nitrogens is 2. The molecule has 3 rings (SSSR count). The molecule has 0 radical (unpaired) electrons. The number of carbonyl (C=O) groups excluding carboxylic acids is 1. The van der Waals surface area contributed by atoms with E-state index in [9.17, 15) is 4.79 Å². The van der Waals surface area contributed by atoms with Gasteiger partial charge in [0.2, 0.25) is 5.89 Å². The molecule has 2 heterocycles. The number of hydrogen-bond donors (Lipinski definition) is 1. The molecule has 0 spiro atoms. The minimum atomic E-state index is 0.127. The first-order valence-corrected chi connectivity index (χ1v) is 8.12. The lowest BCUT2D eigenvalue weighted by molar-refractivity contribution is 0.0793. The van der Waals surface area contributed by atoms with Crippen LogP contribution in [0, 0.1) is 6.92 Å². The Morgan fingerprint density at radius 3 is 2.78 bits per heavy atom. The van der Waals surface area contributed by atoms with Crippen LogP contribution in [0.2, 0.25) is 0 Å². The summed E-state index contributed by atoms with van der Waals surface area (Å²) in [6.07, 6.45) is 2.97. The van der Waals surface area contributed by atoms with Crippen LogP contribution in [0.25, 0.3) is 0 Å². The lowest BCUT2D eigenvalue weighted by Gasteiger charge is -2.16. The maximum absolute atomic E-state index is 12.4. The Morgan fingerprint density at radius 1 is 1.35 bits per heavy atom. The zero-order valence-corrected chi connectivity index (χ0v) is 13.6. The number of anilines is 1. The fourth-order valence-electron chi connectivity index (χ4n) is 2.77. The van der Waals surface area contributed by atoms with Gasteiger partial charge in [-0.15, -0.1) is 0 Å². The Hall–Kier alpha value is -2.37. The molecule has 1 aliphatic rings. The normalized spacial score (nSPS) is 14.3. The summed E-state index contributed by atoms with van der Waals surface area (Å²) >= 11 is 0. The van der Waals surface area contributed by atoms with E-state index in [-0.39, 0.29) is 5.91 Å². The van der Waals surface area contributed by atoms with Gasteiger partial charge in [0.1, 0.15) is 0 Å². The number of benzene rings is 1. The average Bonchev–Trinajstić information content (AvgIpc) is 3.24. The van der Waals surface area contributed by atoms with Crippen molar-refractivity contribution in [2.75, 3.05) is 18.4 Å². The molecule has 1 N–H and O–H groups in total. The second-order valence-electron chi connectivity index (χ2n) is 5.84. The number of nitrogens with one attached hydrogen (secondary N) is 1. The number of hydrogen-bond acceptors (Lipinski definition) is 5. The van der Waals surface area contributed by atoms with Crippen molar-refractivity contribution in [3.05, 3.63) is 41.0 Å². The molecule has 122 valence electrons. The molecular formula is C17H22N4O2. The van der Waals surface area contributed by atoms with Crippen LogP contribution in [0.5, 0.6) is 0 Å². The van der Waals surface area contributed by atoms with E-state index >= 15 is 0 Å². The molecule has 1 aliphatic heterocycles. The monoisotopic (exact) mass is 314 g/mol. The largest absolute Gasteiger partial charge is 0.376 e. The van der Waals surface area contributed by atoms with Crippen molar-refractivity contribution >= 4 is 11.6 Å². The van der Waals surface area contributed by atoms with Crippen LogP contribution >= 0.6 is 0 Å². The molecule has 23 heavy (non-hydrogen) atoms. The van der Waals surface area contributed by atoms with Crippen LogP contribution < -0.4 is 5.32 Å². The number of aryl methyl sites for hydroxylation is 2. The summed E-state index contributed by atoms with van der Waals surface area (Å²) in [5.41, 5.74) is 2.76. The molecule has 1 saturated heterocycles. The van der Waals surface area contributed by atoms with Crippen LogP contribution in [0.3, 0.4) is 0 Å². The molecule has 1 fully saturated rings. The Bertz CT molecular complexity index is 690. The van der Waals surface area contributed by atoms with Crippen LogP contribution in [0.15, 0.2) is 22.7 Å². The van der Waals surface area contributed by atoms with Gasteiger partial charge in [0.05, 0.1) is 6.54 Å². The predicted octanol–water partition coefficient (Wildman–Crippen LogP) is 2.79. The topological polar surface area (TPSA) is 71.3 Å². The SMILES string of the molecule is CCc1noc(CNc2ccc(C(=O)N3CCCC3)cc2C)n1. The molecule has 0 aliphatic carbocycles. The Balaban J connectivity index is 1.65. The minimum absolute atomic E-state index is 0.127. The van der Waals surface area contributed by atoms with Crippen molar-refractivity contribution in [2.45, 2.75) is 39.7 Å². The summed E-state index contributed by atoms with van der Waals surface area (Å²) in [4.78, 5) is 18.6. The molecule has 0 saturated carbocycles. The van der Waals surface area contributed by atoms with E-state index in [1.807, 2.05) is 36.9 Å². The summed E-state index contributed by atoms with van der Waals surface area (Å²) in [6, 6.07) is 5.76. The summed E-state index contributed by atoms with van der Waals surface area (Å²) < 4.78 is 5.16. The van der Waals surface area contributed by atoms with Crippen molar-refractivity contribution in [2.24, 2.45) is 0 Å². The number of rotatable bonds is 5. The predicted molar refractivity (Wildman–Crippen MR) is 87.3 cm³/mol. The summed E-state index contributed by atoms with van der Waals surface area (Å²) in [6.45, 7) is 6.20. The first-order valence-electron chi connectivity index (χ1n) is 8.12. The standard InChI is InChI=1S/C17H22N4O2/c1-3-15-19-16(23-20-15)11-18-14-7-6-13(10-12(14)2)17(22)21-8-4-5-9-21/h6-7,10,18H,3-5,8-9,11H2,1-2H3. The lowest BCUT2D eigenvalue weighted by Crippen LogP contribution is -2.27. The maximum atomic E-state index is 12.4. The van der Waals surface area contributed by atoms with Gasteiger partial charge in [0.25, 0.3) is 5.91 Å². The van der Waals surface area contributed by atoms with Crippen molar-refractivity contribution in [3.63, 3.8) is 0 Å². The minimum Gasteiger partial charge on any atom is -0.376 e. The number of nitrogens with zero attached hydrogens (tertiary/aromatic N) is 3. The van der Waals surface area contributed by atoms with Gasteiger partial charge in [-0.05, 0) is 43.5 Å². The number of amides is 1. The fraction of sp³-hybridized carbons (Fsp3) is 0.471. The lowest BCUT2D eigenvalue weighted by atomic mass is 10.1. The van der Waals surface area contributed by atoms with Crippen molar-refractivity contribution < 1.29 is 9.32 Å². The molecule has 1 aromatic carbocycles. The van der Waals surface area contributed by atoms with Gasteiger partial charge < -0.3 is 14.7 Å². The van der Waals surface area contributed by atoms with Crippen LogP contribution in [-0.2, 0) is 13.0 Å². The maximum Gasteiger partial charge on any atom is 0.253 e. The van der Waals surface area contributed by atoms with Crippen molar-refractivity contribution in [1.29, 1.82) is 0 Å². The van der Waals surface area contributed by atoms with E-state index in [4.69, 9.17) is 4.52 Å². The fourth-order valence-corrected chi connectivity index (χ4v) is 2.77. The summed E-state index contributed by atoms with van der Waals surface area (Å²) in [7, 11) is 0. The molecular weight excluding hydrogens is 292 g/mol. The van der Waals surface area contributed by atoms with Gasteiger partial charge in [-0.2, -0.15) is 4.98 Å². The highest BCUT2D eigenvalue weighted by molar-refractivity contribution is 5.95. The van der Waals surface area contributed by atoms with Gasteiger partial charge in [0.15, 0.2) is 5.82 Å².